The minimum Gasteiger partial charge on any atom is -0.385 e. The van der Waals surface area contributed by atoms with Gasteiger partial charge in [0.05, 0.1) is 0 Å². The van der Waals surface area contributed by atoms with Crippen molar-refractivity contribution in [2.75, 3.05) is 0 Å². The molecule has 0 aromatic carbocycles. The van der Waals surface area contributed by atoms with E-state index < -0.39 is 10.9 Å². The molecule has 0 spiro atoms. The smallest absolute Gasteiger partial charge is 0.138 e. The summed E-state index contributed by atoms with van der Waals surface area (Å²) in [6.07, 6.45) is 0.228. The van der Waals surface area contributed by atoms with Gasteiger partial charge in [-0.15, -0.1) is 34.5 Å². The van der Waals surface area contributed by atoms with E-state index in [-0.39, 0.29) is 0 Å². The number of rotatable bonds is 3. The van der Waals surface area contributed by atoms with Gasteiger partial charge < -0.3 is 5.11 Å². The van der Waals surface area contributed by atoms with Crippen LogP contribution in [0.4, 0.5) is 0 Å². The molecule has 0 saturated carbocycles. The molecule has 68 valence electrons. The van der Waals surface area contributed by atoms with Crippen LogP contribution in [0.1, 0.15) is 22.8 Å². The molecule has 0 fully saturated rings. The summed E-state index contributed by atoms with van der Waals surface area (Å²) >= 11 is 12.6. The first-order valence-electron chi connectivity index (χ1n) is 3.70. The van der Waals surface area contributed by atoms with Crippen molar-refractivity contribution < 1.29 is 5.11 Å². The van der Waals surface area contributed by atoms with E-state index in [0.29, 0.717) is 0 Å². The standard InChI is InChI=1S/C8H10Cl2OS/c1-2-5-3-4-6(12-5)7(11)8(9)10/h3-4,7-8,11H,2H2,1H3. The summed E-state index contributed by atoms with van der Waals surface area (Å²) < 4.78 is 0. The Morgan fingerprint density at radius 1 is 1.50 bits per heavy atom. The third-order valence-electron chi connectivity index (χ3n) is 1.56. The van der Waals surface area contributed by atoms with Gasteiger partial charge in [-0.2, -0.15) is 0 Å². The van der Waals surface area contributed by atoms with Gasteiger partial charge in [0.1, 0.15) is 10.9 Å². The van der Waals surface area contributed by atoms with Crippen molar-refractivity contribution in [3.8, 4) is 0 Å². The number of hydrogen-bond donors (Lipinski definition) is 1. The second kappa shape index (κ2) is 4.47. The van der Waals surface area contributed by atoms with Crippen LogP contribution in [0.2, 0.25) is 0 Å². The molecular formula is C8H10Cl2OS. The Hall–Kier alpha value is 0.240. The molecule has 12 heavy (non-hydrogen) atoms. The molecule has 1 aromatic rings. The molecule has 0 saturated heterocycles. The first-order valence-corrected chi connectivity index (χ1v) is 5.39. The quantitative estimate of drug-likeness (QED) is 0.783. The first-order chi connectivity index (χ1) is 5.65. The summed E-state index contributed by atoms with van der Waals surface area (Å²) in [5, 5.41) is 9.45. The van der Waals surface area contributed by atoms with E-state index >= 15 is 0 Å². The number of halogens is 2. The molecule has 0 aliphatic heterocycles. The van der Waals surface area contributed by atoms with E-state index in [0.717, 1.165) is 11.3 Å². The fraction of sp³-hybridized carbons (Fsp3) is 0.500. The third-order valence-corrected chi connectivity index (χ3v) is 3.34. The normalized spacial score (nSPS) is 13.8. The van der Waals surface area contributed by atoms with Gasteiger partial charge in [0, 0.05) is 9.75 Å². The average molecular weight is 225 g/mol. The fourth-order valence-corrected chi connectivity index (χ4v) is 2.26. The monoisotopic (exact) mass is 224 g/mol. The lowest BCUT2D eigenvalue weighted by molar-refractivity contribution is 0.196. The van der Waals surface area contributed by atoms with Crippen molar-refractivity contribution in [3.63, 3.8) is 0 Å². The average Bonchev–Trinajstić information content (AvgIpc) is 2.50. The number of aryl methyl sites for hydroxylation is 1. The lowest BCUT2D eigenvalue weighted by Crippen LogP contribution is -2.03. The molecule has 1 heterocycles. The number of alkyl halides is 2. The van der Waals surface area contributed by atoms with Crippen LogP contribution in [0.5, 0.6) is 0 Å². The van der Waals surface area contributed by atoms with Crippen LogP contribution in [-0.4, -0.2) is 9.94 Å². The summed E-state index contributed by atoms with van der Waals surface area (Å²) in [5.41, 5.74) is 0. The Labute approximate surface area is 85.9 Å². The predicted molar refractivity (Wildman–Crippen MR) is 54.2 cm³/mol. The van der Waals surface area contributed by atoms with Gasteiger partial charge in [-0.1, -0.05) is 6.92 Å². The molecule has 1 rings (SSSR count). The van der Waals surface area contributed by atoms with Crippen molar-refractivity contribution in [1.29, 1.82) is 0 Å². The molecule has 0 radical (unpaired) electrons. The Morgan fingerprint density at radius 3 is 2.58 bits per heavy atom. The highest BCUT2D eigenvalue weighted by Gasteiger charge is 2.17. The summed E-state index contributed by atoms with van der Waals surface area (Å²) in [4.78, 5) is 1.33. The molecule has 0 aliphatic carbocycles. The van der Waals surface area contributed by atoms with E-state index in [1.807, 2.05) is 12.1 Å². The summed E-state index contributed by atoms with van der Waals surface area (Å²) in [7, 11) is 0. The van der Waals surface area contributed by atoms with Crippen LogP contribution >= 0.6 is 34.5 Å². The first kappa shape index (κ1) is 10.3. The number of aliphatic hydroxyl groups excluding tert-OH is 1. The Kier molecular flexibility index (Phi) is 3.84. The van der Waals surface area contributed by atoms with Gasteiger partial charge in [-0.25, -0.2) is 0 Å². The second-order valence-electron chi connectivity index (χ2n) is 2.44. The van der Waals surface area contributed by atoms with Gasteiger partial charge >= 0.3 is 0 Å². The zero-order valence-electron chi connectivity index (χ0n) is 6.63. The Bertz CT molecular complexity index is 247. The molecule has 0 amide bonds. The van der Waals surface area contributed by atoms with Crippen molar-refractivity contribution in [3.05, 3.63) is 21.9 Å². The minimum atomic E-state index is -0.751. The van der Waals surface area contributed by atoms with Crippen LogP contribution in [-0.2, 0) is 6.42 Å². The maximum absolute atomic E-state index is 9.45. The van der Waals surface area contributed by atoms with E-state index in [1.165, 1.54) is 4.88 Å². The molecule has 1 aromatic heterocycles. The lowest BCUT2D eigenvalue weighted by atomic mass is 10.3. The third kappa shape index (κ3) is 2.36. The maximum atomic E-state index is 9.45. The fourth-order valence-electron chi connectivity index (χ4n) is 0.868. The van der Waals surface area contributed by atoms with E-state index in [4.69, 9.17) is 23.2 Å². The van der Waals surface area contributed by atoms with Crippen molar-refractivity contribution in [2.24, 2.45) is 0 Å². The highest BCUT2D eigenvalue weighted by Crippen LogP contribution is 2.29. The number of aliphatic hydroxyl groups is 1. The molecular weight excluding hydrogens is 215 g/mol. The van der Waals surface area contributed by atoms with Crippen molar-refractivity contribution in [1.82, 2.24) is 0 Å². The Morgan fingerprint density at radius 2 is 2.17 bits per heavy atom. The van der Waals surface area contributed by atoms with Crippen LogP contribution in [0.3, 0.4) is 0 Å². The summed E-state index contributed by atoms with van der Waals surface area (Å²) in [6, 6.07) is 3.85. The lowest BCUT2D eigenvalue weighted by Gasteiger charge is -2.07. The summed E-state index contributed by atoms with van der Waals surface area (Å²) in [6.45, 7) is 2.07. The molecule has 0 aliphatic rings. The van der Waals surface area contributed by atoms with Crippen molar-refractivity contribution >= 4 is 34.5 Å². The van der Waals surface area contributed by atoms with E-state index in [2.05, 4.69) is 6.92 Å². The SMILES string of the molecule is CCc1ccc(C(O)C(Cl)Cl)s1. The highest BCUT2D eigenvalue weighted by molar-refractivity contribution is 7.12. The molecule has 1 nitrogen and oxygen atoms in total. The molecule has 0 bridgehead atoms. The summed E-state index contributed by atoms with van der Waals surface area (Å²) in [5.74, 6) is 0. The molecule has 1 atom stereocenters. The van der Waals surface area contributed by atoms with Gasteiger partial charge in [-0.3, -0.25) is 0 Å². The van der Waals surface area contributed by atoms with Gasteiger partial charge in [0.15, 0.2) is 0 Å². The van der Waals surface area contributed by atoms with E-state index in [9.17, 15) is 5.11 Å². The molecule has 1 unspecified atom stereocenters. The molecule has 1 N–H and O–H groups in total. The van der Waals surface area contributed by atoms with Crippen LogP contribution in [0, 0.1) is 0 Å². The van der Waals surface area contributed by atoms with Crippen LogP contribution < -0.4 is 0 Å². The van der Waals surface area contributed by atoms with Crippen LogP contribution in [0.15, 0.2) is 12.1 Å². The molecule has 4 heteroatoms. The van der Waals surface area contributed by atoms with Gasteiger partial charge in [0.25, 0.3) is 0 Å². The largest absolute Gasteiger partial charge is 0.385 e. The number of hydrogen-bond acceptors (Lipinski definition) is 2. The van der Waals surface area contributed by atoms with Gasteiger partial charge in [0.2, 0.25) is 0 Å². The zero-order chi connectivity index (χ0) is 9.14. The predicted octanol–water partition coefficient (Wildman–Crippen LogP) is 3.15. The topological polar surface area (TPSA) is 20.2 Å². The Balaban J connectivity index is 2.74. The number of thiophene rings is 1. The van der Waals surface area contributed by atoms with Gasteiger partial charge in [-0.05, 0) is 18.6 Å². The van der Waals surface area contributed by atoms with Crippen LogP contribution in [0.25, 0.3) is 0 Å². The highest BCUT2D eigenvalue weighted by atomic mass is 35.5. The zero-order valence-corrected chi connectivity index (χ0v) is 8.96. The van der Waals surface area contributed by atoms with Crippen molar-refractivity contribution in [2.45, 2.75) is 24.3 Å². The maximum Gasteiger partial charge on any atom is 0.138 e. The second-order valence-corrected chi connectivity index (χ2v) is 4.80. The minimum absolute atomic E-state index is 0.742. The van der Waals surface area contributed by atoms with E-state index in [1.54, 1.807) is 11.3 Å².